The molecule has 0 bridgehead atoms. The Kier molecular flexibility index (Phi) is 2.70. The number of aromatic nitrogens is 2. The summed E-state index contributed by atoms with van der Waals surface area (Å²) in [5.74, 6) is -1.10. The van der Waals surface area contributed by atoms with Gasteiger partial charge in [-0.25, -0.2) is 0 Å². The molecule has 1 aromatic heterocycles. The number of carboxylic acids is 1. The second-order valence-electron chi connectivity index (χ2n) is 2.71. The lowest BCUT2D eigenvalue weighted by atomic mass is 10.2. The van der Waals surface area contributed by atoms with Crippen molar-refractivity contribution in [2.45, 2.75) is 12.8 Å². The molecule has 0 aromatic carbocycles. The molecule has 0 fully saturated rings. The minimum Gasteiger partial charge on any atom is -0.481 e. The number of nitrogens with two attached hydrogens (primary N) is 2. The zero-order valence-electron chi connectivity index (χ0n) is 7.28. The van der Waals surface area contributed by atoms with E-state index in [0.29, 0.717) is 0 Å². The lowest BCUT2D eigenvalue weighted by Crippen LogP contribution is -2.20. The normalized spacial score (nSPS) is 10.0. The number of nitrogen functional groups attached to an aromatic ring is 2. The van der Waals surface area contributed by atoms with E-state index in [9.17, 15) is 9.59 Å². The number of nitrogens with one attached hydrogen (secondary N) is 1. The van der Waals surface area contributed by atoms with E-state index in [2.05, 4.69) is 9.97 Å². The zero-order chi connectivity index (χ0) is 10.7. The van der Waals surface area contributed by atoms with E-state index in [0.717, 1.165) is 0 Å². The van der Waals surface area contributed by atoms with Gasteiger partial charge in [-0.05, 0) is 6.42 Å². The molecule has 0 aliphatic carbocycles. The van der Waals surface area contributed by atoms with Crippen LogP contribution in [0.2, 0.25) is 0 Å². The molecule has 7 nitrogen and oxygen atoms in total. The average Bonchev–Trinajstić information content (AvgIpc) is 2.01. The van der Waals surface area contributed by atoms with Crippen molar-refractivity contribution in [3.05, 3.63) is 15.9 Å². The maximum absolute atomic E-state index is 11.2. The number of hydrogen-bond donors (Lipinski definition) is 4. The Morgan fingerprint density at radius 3 is 2.64 bits per heavy atom. The third kappa shape index (κ3) is 2.22. The zero-order valence-corrected chi connectivity index (χ0v) is 7.28. The lowest BCUT2D eigenvalue weighted by Gasteiger charge is -2.02. The molecule has 76 valence electrons. The third-order valence-corrected chi connectivity index (χ3v) is 1.65. The van der Waals surface area contributed by atoms with Gasteiger partial charge < -0.3 is 16.6 Å². The molecule has 0 saturated carbocycles. The van der Waals surface area contributed by atoms with E-state index in [1.165, 1.54) is 0 Å². The van der Waals surface area contributed by atoms with Crippen LogP contribution in [0.4, 0.5) is 11.8 Å². The number of hydrogen-bond acceptors (Lipinski definition) is 5. The number of carbonyl (C=O) groups is 1. The molecule has 0 unspecified atom stereocenters. The Labute approximate surface area is 78.8 Å². The number of nitrogens with zero attached hydrogens (tertiary/aromatic N) is 1. The number of rotatable bonds is 3. The van der Waals surface area contributed by atoms with Crippen LogP contribution in [0.1, 0.15) is 12.0 Å². The molecular weight excluding hydrogens is 188 g/mol. The van der Waals surface area contributed by atoms with Crippen LogP contribution in [0.25, 0.3) is 0 Å². The van der Waals surface area contributed by atoms with Crippen molar-refractivity contribution in [3.8, 4) is 0 Å². The first-order valence-corrected chi connectivity index (χ1v) is 3.86. The monoisotopic (exact) mass is 198 g/mol. The number of aliphatic carboxylic acids is 1. The van der Waals surface area contributed by atoms with Gasteiger partial charge in [0.25, 0.3) is 5.56 Å². The molecular formula is C7H10N4O3. The Morgan fingerprint density at radius 1 is 1.50 bits per heavy atom. The molecule has 0 spiro atoms. The van der Waals surface area contributed by atoms with Gasteiger partial charge in [0.05, 0.1) is 5.56 Å². The summed E-state index contributed by atoms with van der Waals surface area (Å²) in [7, 11) is 0. The van der Waals surface area contributed by atoms with Gasteiger partial charge in [-0.2, -0.15) is 4.98 Å². The first-order valence-electron chi connectivity index (χ1n) is 3.86. The van der Waals surface area contributed by atoms with Crippen LogP contribution in [0.15, 0.2) is 4.79 Å². The molecule has 14 heavy (non-hydrogen) atoms. The Balaban J connectivity index is 2.97. The number of H-pyrrole nitrogens is 1. The summed E-state index contributed by atoms with van der Waals surface area (Å²) in [6.07, 6.45) is -0.122. The molecule has 1 heterocycles. The maximum atomic E-state index is 11.2. The van der Waals surface area contributed by atoms with Crippen molar-refractivity contribution >= 4 is 17.7 Å². The fourth-order valence-electron chi connectivity index (χ4n) is 1.01. The van der Waals surface area contributed by atoms with Crippen molar-refractivity contribution < 1.29 is 9.90 Å². The molecule has 0 aliphatic heterocycles. The summed E-state index contributed by atoms with van der Waals surface area (Å²) in [5.41, 5.74) is 10.3. The van der Waals surface area contributed by atoms with E-state index in [1.54, 1.807) is 0 Å². The summed E-state index contributed by atoms with van der Waals surface area (Å²) in [6, 6.07) is 0. The Hall–Kier alpha value is -2.05. The minimum absolute atomic E-state index is 0.0208. The summed E-state index contributed by atoms with van der Waals surface area (Å²) in [4.78, 5) is 27.3. The summed E-state index contributed by atoms with van der Waals surface area (Å²) in [6.45, 7) is 0. The van der Waals surface area contributed by atoms with Crippen molar-refractivity contribution in [1.29, 1.82) is 0 Å². The van der Waals surface area contributed by atoms with E-state index < -0.39 is 11.5 Å². The molecule has 1 rings (SSSR count). The Morgan fingerprint density at radius 2 is 2.14 bits per heavy atom. The molecule has 6 N–H and O–H groups in total. The number of aromatic amines is 1. The van der Waals surface area contributed by atoms with E-state index in [1.807, 2.05) is 0 Å². The number of anilines is 2. The van der Waals surface area contributed by atoms with Crippen molar-refractivity contribution in [1.82, 2.24) is 9.97 Å². The third-order valence-electron chi connectivity index (χ3n) is 1.65. The highest BCUT2D eigenvalue weighted by atomic mass is 16.4. The largest absolute Gasteiger partial charge is 0.481 e. The number of carboxylic acid groups (broad SMARTS) is 1. The van der Waals surface area contributed by atoms with Crippen LogP contribution in [-0.2, 0) is 11.2 Å². The smallest absolute Gasteiger partial charge is 0.303 e. The molecule has 0 amide bonds. The second-order valence-corrected chi connectivity index (χ2v) is 2.71. The molecule has 0 atom stereocenters. The molecule has 0 saturated heterocycles. The van der Waals surface area contributed by atoms with Crippen LogP contribution in [0.3, 0.4) is 0 Å². The summed E-state index contributed by atoms with van der Waals surface area (Å²) < 4.78 is 0. The van der Waals surface area contributed by atoms with Gasteiger partial charge in [0.2, 0.25) is 5.95 Å². The van der Waals surface area contributed by atoms with E-state index >= 15 is 0 Å². The standard InChI is InChI=1S/C7H10N4O3/c8-5-3(1-2-4(12)13)6(14)11-7(9)10-5/h1-2H2,(H,12,13)(H5,8,9,10,11,14). The van der Waals surface area contributed by atoms with E-state index in [4.69, 9.17) is 16.6 Å². The lowest BCUT2D eigenvalue weighted by molar-refractivity contribution is -0.136. The predicted molar refractivity (Wildman–Crippen MR) is 49.6 cm³/mol. The first kappa shape index (κ1) is 10.0. The fraction of sp³-hybridized carbons (Fsp3) is 0.286. The minimum atomic E-state index is -0.999. The van der Waals surface area contributed by atoms with Crippen molar-refractivity contribution in [2.75, 3.05) is 11.5 Å². The van der Waals surface area contributed by atoms with Gasteiger partial charge in [0.1, 0.15) is 5.82 Å². The average molecular weight is 198 g/mol. The van der Waals surface area contributed by atoms with Crippen LogP contribution < -0.4 is 17.0 Å². The van der Waals surface area contributed by atoms with Crippen LogP contribution in [0, 0.1) is 0 Å². The maximum Gasteiger partial charge on any atom is 0.303 e. The highest BCUT2D eigenvalue weighted by Gasteiger charge is 2.09. The van der Waals surface area contributed by atoms with Gasteiger partial charge >= 0.3 is 5.97 Å². The molecule has 0 aliphatic rings. The van der Waals surface area contributed by atoms with Crippen LogP contribution >= 0.6 is 0 Å². The van der Waals surface area contributed by atoms with Gasteiger partial charge in [-0.1, -0.05) is 0 Å². The quantitative estimate of drug-likeness (QED) is 0.489. The van der Waals surface area contributed by atoms with Crippen molar-refractivity contribution in [3.63, 3.8) is 0 Å². The highest BCUT2D eigenvalue weighted by molar-refractivity contribution is 5.67. The topological polar surface area (TPSA) is 135 Å². The summed E-state index contributed by atoms with van der Waals surface area (Å²) >= 11 is 0. The summed E-state index contributed by atoms with van der Waals surface area (Å²) in [5, 5.41) is 8.41. The van der Waals surface area contributed by atoms with Crippen molar-refractivity contribution in [2.24, 2.45) is 0 Å². The van der Waals surface area contributed by atoms with Gasteiger partial charge in [0, 0.05) is 6.42 Å². The van der Waals surface area contributed by atoms with E-state index in [-0.39, 0.29) is 30.2 Å². The van der Waals surface area contributed by atoms with Gasteiger partial charge in [0.15, 0.2) is 0 Å². The molecule has 1 aromatic rings. The van der Waals surface area contributed by atoms with Gasteiger partial charge in [-0.3, -0.25) is 14.6 Å². The molecule has 7 heteroatoms. The second kappa shape index (κ2) is 3.77. The Bertz CT molecular complexity index is 412. The highest BCUT2D eigenvalue weighted by Crippen LogP contribution is 2.05. The van der Waals surface area contributed by atoms with Crippen LogP contribution in [0.5, 0.6) is 0 Å². The predicted octanol–water partition coefficient (Wildman–Crippen LogP) is -1.05. The SMILES string of the molecule is Nc1nc(N)c(CCC(=O)O)c(=O)[nH]1. The van der Waals surface area contributed by atoms with Crippen LogP contribution in [-0.4, -0.2) is 21.0 Å². The first-order chi connectivity index (χ1) is 6.50. The molecule has 0 radical (unpaired) electrons. The fourth-order valence-corrected chi connectivity index (χ4v) is 1.01. The van der Waals surface area contributed by atoms with Gasteiger partial charge in [-0.15, -0.1) is 0 Å².